The molecule has 3 rings (SSSR count). The van der Waals surface area contributed by atoms with E-state index in [0.717, 1.165) is 12.8 Å². The van der Waals surface area contributed by atoms with Gasteiger partial charge in [0.2, 0.25) is 0 Å². The second kappa shape index (κ2) is 5.93. The predicted molar refractivity (Wildman–Crippen MR) is 77.8 cm³/mol. The summed E-state index contributed by atoms with van der Waals surface area (Å²) in [6.45, 7) is 2.08. The van der Waals surface area contributed by atoms with Crippen molar-refractivity contribution in [2.24, 2.45) is 0 Å². The summed E-state index contributed by atoms with van der Waals surface area (Å²) in [6, 6.07) is 4.26. The van der Waals surface area contributed by atoms with Gasteiger partial charge in [-0.1, -0.05) is 12.8 Å². The van der Waals surface area contributed by atoms with Gasteiger partial charge in [-0.05, 0) is 50.8 Å². The van der Waals surface area contributed by atoms with E-state index < -0.39 is 6.10 Å². The molecule has 116 valence electrons. The molecule has 1 saturated heterocycles. The molecule has 1 spiro atoms. The Bertz CT molecular complexity index is 495. The Morgan fingerprint density at radius 3 is 2.86 bits per heavy atom. The van der Waals surface area contributed by atoms with Crippen molar-refractivity contribution in [3.8, 4) is 5.75 Å². The van der Waals surface area contributed by atoms with Crippen LogP contribution in [0.2, 0.25) is 0 Å². The van der Waals surface area contributed by atoms with Crippen LogP contribution in [0, 0.1) is 5.82 Å². The van der Waals surface area contributed by atoms with Crippen LogP contribution >= 0.6 is 0 Å². The molecule has 4 heteroatoms. The number of ether oxygens (including phenoxy) is 2. The molecule has 0 amide bonds. The summed E-state index contributed by atoms with van der Waals surface area (Å²) >= 11 is 0. The maximum absolute atomic E-state index is 13.3. The van der Waals surface area contributed by atoms with E-state index in [-0.39, 0.29) is 17.5 Å². The smallest absolute Gasteiger partial charge is 0.125 e. The monoisotopic (exact) mass is 294 g/mol. The van der Waals surface area contributed by atoms with Crippen molar-refractivity contribution in [1.82, 2.24) is 0 Å². The van der Waals surface area contributed by atoms with Crippen molar-refractivity contribution in [3.05, 3.63) is 29.6 Å². The van der Waals surface area contributed by atoms with Crippen LogP contribution < -0.4 is 4.74 Å². The summed E-state index contributed by atoms with van der Waals surface area (Å²) in [5.74, 6) is 0.183. The normalized spacial score (nSPS) is 25.4. The zero-order valence-electron chi connectivity index (χ0n) is 12.5. The lowest BCUT2D eigenvalue weighted by molar-refractivity contribution is -0.0511. The number of aliphatic hydroxyl groups is 1. The Labute approximate surface area is 125 Å². The Morgan fingerprint density at radius 2 is 2.14 bits per heavy atom. The molecule has 1 aliphatic heterocycles. The minimum Gasteiger partial charge on any atom is -0.490 e. The van der Waals surface area contributed by atoms with Crippen LogP contribution in [-0.4, -0.2) is 23.4 Å². The largest absolute Gasteiger partial charge is 0.490 e. The molecule has 1 N–H and O–H groups in total. The molecule has 0 aromatic heterocycles. The Kier molecular flexibility index (Phi) is 4.18. The molecule has 21 heavy (non-hydrogen) atoms. The fourth-order valence-corrected chi connectivity index (χ4v) is 3.56. The van der Waals surface area contributed by atoms with E-state index in [1.54, 1.807) is 13.0 Å². The highest BCUT2D eigenvalue weighted by atomic mass is 19.1. The number of benzene rings is 1. The first-order valence-electron chi connectivity index (χ1n) is 7.86. The summed E-state index contributed by atoms with van der Waals surface area (Å²) in [5, 5.41) is 9.71. The molecule has 2 fully saturated rings. The molecule has 1 heterocycles. The van der Waals surface area contributed by atoms with Crippen LogP contribution in [0.4, 0.5) is 4.39 Å². The molecule has 0 radical (unpaired) electrons. The Hall–Kier alpha value is -1.13. The average molecular weight is 294 g/mol. The van der Waals surface area contributed by atoms with Crippen LogP contribution in [0.5, 0.6) is 5.75 Å². The predicted octanol–water partition coefficient (Wildman–Crippen LogP) is 3.75. The number of hydrogen-bond acceptors (Lipinski definition) is 3. The second-order valence-electron chi connectivity index (χ2n) is 6.34. The third-order valence-electron chi connectivity index (χ3n) is 4.70. The lowest BCUT2D eigenvalue weighted by atomic mass is 9.98. The summed E-state index contributed by atoms with van der Waals surface area (Å²) in [6.07, 6.45) is 6.35. The van der Waals surface area contributed by atoms with Crippen molar-refractivity contribution >= 4 is 0 Å². The molecule has 0 bridgehead atoms. The average Bonchev–Trinajstić information content (AvgIpc) is 3.08. The highest BCUT2D eigenvalue weighted by Crippen LogP contribution is 2.43. The summed E-state index contributed by atoms with van der Waals surface area (Å²) in [4.78, 5) is 0. The molecule has 1 unspecified atom stereocenters. The molecule has 2 aliphatic rings. The zero-order chi connectivity index (χ0) is 14.9. The van der Waals surface area contributed by atoms with Gasteiger partial charge >= 0.3 is 0 Å². The van der Waals surface area contributed by atoms with Crippen molar-refractivity contribution in [3.63, 3.8) is 0 Å². The minimum atomic E-state index is -0.749. The van der Waals surface area contributed by atoms with Crippen LogP contribution in [-0.2, 0) is 4.74 Å². The van der Waals surface area contributed by atoms with Crippen molar-refractivity contribution in [2.75, 3.05) is 6.61 Å². The zero-order valence-corrected chi connectivity index (χ0v) is 12.5. The van der Waals surface area contributed by atoms with Gasteiger partial charge in [0.15, 0.2) is 0 Å². The van der Waals surface area contributed by atoms with E-state index in [0.29, 0.717) is 17.9 Å². The van der Waals surface area contributed by atoms with Crippen molar-refractivity contribution < 1.29 is 19.0 Å². The first kappa shape index (κ1) is 14.8. The maximum atomic E-state index is 13.3. The quantitative estimate of drug-likeness (QED) is 0.919. The van der Waals surface area contributed by atoms with Crippen molar-refractivity contribution in [1.29, 1.82) is 0 Å². The van der Waals surface area contributed by atoms with Gasteiger partial charge in [-0.2, -0.15) is 0 Å². The van der Waals surface area contributed by atoms with Crippen molar-refractivity contribution in [2.45, 2.75) is 63.3 Å². The number of halogens is 1. The van der Waals surface area contributed by atoms with E-state index in [1.807, 2.05) is 0 Å². The van der Waals surface area contributed by atoms with E-state index in [1.165, 1.54) is 37.8 Å². The third-order valence-corrected chi connectivity index (χ3v) is 4.70. The van der Waals surface area contributed by atoms with Crippen LogP contribution in [0.15, 0.2) is 18.2 Å². The van der Waals surface area contributed by atoms with Gasteiger partial charge in [-0.15, -0.1) is 0 Å². The van der Waals surface area contributed by atoms with Crippen LogP contribution in [0.1, 0.15) is 57.1 Å². The standard InChI is InChI=1S/C17H23FO3/c1-12(19)15-10-13(18)4-5-16(15)20-11-14-6-9-17(21-14)7-2-3-8-17/h4-5,10,12,14,19H,2-3,6-9,11H2,1H3/t12-,14?/m0/s1. The van der Waals surface area contributed by atoms with E-state index >= 15 is 0 Å². The molecule has 1 aromatic rings. The van der Waals surface area contributed by atoms with E-state index in [2.05, 4.69) is 0 Å². The Morgan fingerprint density at radius 1 is 1.38 bits per heavy atom. The van der Waals surface area contributed by atoms with Crippen LogP contribution in [0.25, 0.3) is 0 Å². The maximum Gasteiger partial charge on any atom is 0.125 e. The molecule has 1 aliphatic carbocycles. The van der Waals surface area contributed by atoms with E-state index in [9.17, 15) is 9.50 Å². The molecular weight excluding hydrogens is 271 g/mol. The van der Waals surface area contributed by atoms with Crippen LogP contribution in [0.3, 0.4) is 0 Å². The fraction of sp³-hybridized carbons (Fsp3) is 0.647. The summed E-state index contributed by atoms with van der Waals surface area (Å²) in [7, 11) is 0. The second-order valence-corrected chi connectivity index (χ2v) is 6.34. The number of hydrogen-bond donors (Lipinski definition) is 1. The highest BCUT2D eigenvalue weighted by Gasteiger charge is 2.42. The van der Waals surface area contributed by atoms with Gasteiger partial charge in [0.1, 0.15) is 18.2 Å². The Balaban J connectivity index is 1.61. The number of aliphatic hydroxyl groups excluding tert-OH is 1. The third kappa shape index (κ3) is 3.22. The topological polar surface area (TPSA) is 38.7 Å². The first-order valence-corrected chi connectivity index (χ1v) is 7.86. The number of rotatable bonds is 4. The summed E-state index contributed by atoms with van der Waals surface area (Å²) < 4.78 is 25.2. The van der Waals surface area contributed by atoms with Gasteiger partial charge in [-0.3, -0.25) is 0 Å². The molecular formula is C17H23FO3. The molecule has 3 nitrogen and oxygen atoms in total. The van der Waals surface area contributed by atoms with E-state index in [4.69, 9.17) is 9.47 Å². The lowest BCUT2D eigenvalue weighted by Gasteiger charge is -2.24. The first-order chi connectivity index (χ1) is 10.1. The highest BCUT2D eigenvalue weighted by molar-refractivity contribution is 5.35. The van der Waals surface area contributed by atoms with Gasteiger partial charge in [-0.25, -0.2) is 4.39 Å². The summed E-state index contributed by atoms with van der Waals surface area (Å²) in [5.41, 5.74) is 0.591. The van der Waals surface area contributed by atoms with Gasteiger partial charge in [0.25, 0.3) is 0 Å². The van der Waals surface area contributed by atoms with Gasteiger partial charge in [0.05, 0.1) is 17.8 Å². The van der Waals surface area contributed by atoms with Gasteiger partial charge < -0.3 is 14.6 Å². The van der Waals surface area contributed by atoms with Gasteiger partial charge in [0, 0.05) is 5.56 Å². The molecule has 1 saturated carbocycles. The molecule has 1 aromatic carbocycles. The SMILES string of the molecule is C[C@H](O)c1cc(F)ccc1OCC1CCC2(CCCC2)O1. The fourth-order valence-electron chi connectivity index (χ4n) is 3.56. The lowest BCUT2D eigenvalue weighted by Crippen LogP contribution is -2.27. The minimum absolute atomic E-state index is 0.101. The molecule has 2 atom stereocenters.